The number of hydrogen-bond donors (Lipinski definition) is 3. The summed E-state index contributed by atoms with van der Waals surface area (Å²) >= 11 is 0. The number of rotatable bonds is 8. The van der Waals surface area contributed by atoms with Gasteiger partial charge in [-0.2, -0.15) is 0 Å². The van der Waals surface area contributed by atoms with Crippen LogP contribution in [0.15, 0.2) is 6.07 Å². The molecule has 0 saturated carbocycles. The number of hydrogen-bond acceptors (Lipinski definition) is 6. The molecule has 0 unspecified atom stereocenters. The molecule has 6 heteroatoms. The van der Waals surface area contributed by atoms with Crippen LogP contribution in [0.2, 0.25) is 0 Å². The highest BCUT2D eigenvalue weighted by atomic mass is 16.5. The molecule has 108 valence electrons. The van der Waals surface area contributed by atoms with Crippen molar-refractivity contribution in [2.24, 2.45) is 5.73 Å². The van der Waals surface area contributed by atoms with Gasteiger partial charge in [-0.1, -0.05) is 0 Å². The van der Waals surface area contributed by atoms with Crippen LogP contribution < -0.4 is 16.4 Å². The smallest absolute Gasteiger partial charge is 0.131 e. The number of ether oxygens (including phenoxy) is 1. The lowest BCUT2D eigenvalue weighted by Gasteiger charge is -2.19. The fourth-order valence-corrected chi connectivity index (χ4v) is 1.50. The molecule has 0 radical (unpaired) electrons. The van der Waals surface area contributed by atoms with Gasteiger partial charge < -0.3 is 21.1 Å². The van der Waals surface area contributed by atoms with Gasteiger partial charge in [0.1, 0.15) is 17.5 Å². The van der Waals surface area contributed by atoms with Crippen LogP contribution >= 0.6 is 0 Å². The predicted molar refractivity (Wildman–Crippen MR) is 78.5 cm³/mol. The number of anilines is 2. The minimum absolute atomic E-state index is 0.273. The third-order valence-electron chi connectivity index (χ3n) is 2.39. The molecular formula is C13H25N5O. The number of nitrogens with one attached hydrogen (secondary N) is 2. The first-order valence-electron chi connectivity index (χ1n) is 6.52. The molecule has 19 heavy (non-hydrogen) atoms. The van der Waals surface area contributed by atoms with Crippen LogP contribution in [0.1, 0.15) is 26.1 Å². The fourth-order valence-electron chi connectivity index (χ4n) is 1.50. The summed E-state index contributed by atoms with van der Waals surface area (Å²) < 4.78 is 5.00. The first-order chi connectivity index (χ1) is 8.90. The van der Waals surface area contributed by atoms with E-state index in [1.54, 1.807) is 7.11 Å². The Morgan fingerprint density at radius 3 is 2.47 bits per heavy atom. The summed E-state index contributed by atoms with van der Waals surface area (Å²) in [6, 6.07) is 1.89. The number of nitrogens with zero attached hydrogens (tertiary/aromatic N) is 2. The van der Waals surface area contributed by atoms with Crippen molar-refractivity contribution in [2.45, 2.75) is 32.7 Å². The quantitative estimate of drug-likeness (QED) is 0.617. The van der Waals surface area contributed by atoms with Crippen molar-refractivity contribution in [3.8, 4) is 0 Å². The predicted octanol–water partition coefficient (Wildman–Crippen LogP) is 1.38. The van der Waals surface area contributed by atoms with Crippen LogP contribution in [0.25, 0.3) is 0 Å². The molecule has 6 nitrogen and oxygen atoms in total. The van der Waals surface area contributed by atoms with Gasteiger partial charge in [-0.3, -0.25) is 0 Å². The van der Waals surface area contributed by atoms with Crippen molar-refractivity contribution in [2.75, 3.05) is 37.4 Å². The van der Waals surface area contributed by atoms with Gasteiger partial charge in [-0.05, 0) is 27.2 Å². The lowest BCUT2D eigenvalue weighted by molar-refractivity contribution is 0.198. The van der Waals surface area contributed by atoms with Gasteiger partial charge in [0, 0.05) is 38.4 Å². The summed E-state index contributed by atoms with van der Waals surface area (Å²) in [5.74, 6) is 2.34. The lowest BCUT2D eigenvalue weighted by Crippen LogP contribution is -2.39. The first-order valence-corrected chi connectivity index (χ1v) is 6.52. The van der Waals surface area contributed by atoms with E-state index in [1.807, 2.05) is 26.8 Å². The Morgan fingerprint density at radius 2 is 1.89 bits per heavy atom. The standard InChI is InChI=1S/C13H25N5O/c1-10-17-11(15-6-5-7-19-4)8-12(18-10)16-9-13(2,3)14/h8H,5-7,9,14H2,1-4H3,(H2,15,16,17,18). The molecule has 1 heterocycles. The van der Waals surface area contributed by atoms with Crippen molar-refractivity contribution in [1.82, 2.24) is 9.97 Å². The summed E-state index contributed by atoms with van der Waals surface area (Å²) in [7, 11) is 1.70. The Labute approximate surface area is 115 Å². The van der Waals surface area contributed by atoms with Crippen LogP contribution in [0.3, 0.4) is 0 Å². The Morgan fingerprint density at radius 1 is 1.26 bits per heavy atom. The van der Waals surface area contributed by atoms with Crippen LogP contribution in [0.4, 0.5) is 11.6 Å². The maximum Gasteiger partial charge on any atom is 0.131 e. The summed E-state index contributed by atoms with van der Waals surface area (Å²) in [4.78, 5) is 8.68. The summed E-state index contributed by atoms with van der Waals surface area (Å²) in [6.07, 6.45) is 0.943. The largest absolute Gasteiger partial charge is 0.385 e. The van der Waals surface area contributed by atoms with Crippen molar-refractivity contribution in [3.05, 3.63) is 11.9 Å². The van der Waals surface area contributed by atoms with Crippen molar-refractivity contribution in [3.63, 3.8) is 0 Å². The topological polar surface area (TPSA) is 85.1 Å². The summed E-state index contributed by atoms with van der Waals surface area (Å²) in [5, 5.41) is 6.48. The molecule has 1 aromatic heterocycles. The third-order valence-corrected chi connectivity index (χ3v) is 2.39. The maximum atomic E-state index is 5.94. The molecule has 0 fully saturated rings. The number of aromatic nitrogens is 2. The second-order valence-electron chi connectivity index (χ2n) is 5.30. The van der Waals surface area contributed by atoms with Crippen molar-refractivity contribution >= 4 is 11.6 Å². The van der Waals surface area contributed by atoms with Crippen LogP contribution in [0, 0.1) is 6.92 Å². The van der Waals surface area contributed by atoms with Crippen molar-refractivity contribution < 1.29 is 4.74 Å². The Balaban J connectivity index is 2.56. The van der Waals surface area contributed by atoms with E-state index in [4.69, 9.17) is 10.5 Å². The third kappa shape index (κ3) is 6.93. The zero-order chi connectivity index (χ0) is 14.3. The molecule has 0 aliphatic carbocycles. The van der Waals surface area contributed by atoms with Crippen LogP contribution in [0.5, 0.6) is 0 Å². The Kier molecular flexibility index (Phi) is 5.98. The average molecular weight is 267 g/mol. The molecular weight excluding hydrogens is 242 g/mol. The second-order valence-corrected chi connectivity index (χ2v) is 5.30. The van der Waals surface area contributed by atoms with Crippen molar-refractivity contribution in [1.29, 1.82) is 0 Å². The van der Waals surface area contributed by atoms with E-state index >= 15 is 0 Å². The molecule has 0 aliphatic rings. The number of methoxy groups -OCH3 is 1. The lowest BCUT2D eigenvalue weighted by atomic mass is 10.1. The zero-order valence-corrected chi connectivity index (χ0v) is 12.3. The van der Waals surface area contributed by atoms with Gasteiger partial charge in [0.05, 0.1) is 0 Å². The Hall–Kier alpha value is -1.40. The van der Waals surface area contributed by atoms with Gasteiger partial charge in [-0.15, -0.1) is 0 Å². The highest BCUT2D eigenvalue weighted by Crippen LogP contribution is 2.12. The van der Waals surface area contributed by atoms with Crippen LogP contribution in [-0.2, 0) is 4.74 Å². The minimum atomic E-state index is -0.273. The van der Waals surface area contributed by atoms with E-state index in [2.05, 4.69) is 20.6 Å². The van der Waals surface area contributed by atoms with E-state index < -0.39 is 0 Å². The van der Waals surface area contributed by atoms with Gasteiger partial charge in [0.15, 0.2) is 0 Å². The average Bonchev–Trinajstić information content (AvgIpc) is 2.31. The molecule has 0 aliphatic heterocycles. The normalized spacial score (nSPS) is 11.4. The molecule has 0 saturated heterocycles. The van der Waals surface area contributed by atoms with E-state index in [0.29, 0.717) is 6.54 Å². The molecule has 1 aromatic rings. The maximum absolute atomic E-state index is 5.94. The van der Waals surface area contributed by atoms with Gasteiger partial charge in [0.25, 0.3) is 0 Å². The molecule has 0 spiro atoms. The number of nitrogens with two attached hydrogens (primary N) is 1. The highest BCUT2D eigenvalue weighted by molar-refractivity contribution is 5.47. The molecule has 0 atom stereocenters. The fraction of sp³-hybridized carbons (Fsp3) is 0.692. The van der Waals surface area contributed by atoms with Crippen LogP contribution in [-0.4, -0.2) is 42.3 Å². The zero-order valence-electron chi connectivity index (χ0n) is 12.3. The number of aryl methyl sites for hydroxylation is 1. The van der Waals surface area contributed by atoms with Gasteiger partial charge in [0.2, 0.25) is 0 Å². The second kappa shape index (κ2) is 7.25. The van der Waals surface area contributed by atoms with E-state index in [0.717, 1.165) is 37.0 Å². The SMILES string of the molecule is COCCCNc1cc(NCC(C)(C)N)nc(C)n1. The van der Waals surface area contributed by atoms with E-state index in [9.17, 15) is 0 Å². The monoisotopic (exact) mass is 267 g/mol. The molecule has 0 bridgehead atoms. The highest BCUT2D eigenvalue weighted by Gasteiger charge is 2.10. The van der Waals surface area contributed by atoms with E-state index in [1.165, 1.54) is 0 Å². The van der Waals surface area contributed by atoms with E-state index in [-0.39, 0.29) is 5.54 Å². The first kappa shape index (κ1) is 15.7. The summed E-state index contributed by atoms with van der Waals surface area (Å²) in [5.41, 5.74) is 5.66. The molecule has 1 rings (SSSR count). The minimum Gasteiger partial charge on any atom is -0.385 e. The van der Waals surface area contributed by atoms with Gasteiger partial charge in [-0.25, -0.2) is 9.97 Å². The Bertz CT molecular complexity index is 389. The molecule has 0 amide bonds. The summed E-state index contributed by atoms with van der Waals surface area (Å²) in [6.45, 7) is 8.04. The molecule has 0 aromatic carbocycles. The molecule has 4 N–H and O–H groups in total. The van der Waals surface area contributed by atoms with Gasteiger partial charge >= 0.3 is 0 Å².